The topological polar surface area (TPSA) is 119 Å². The van der Waals surface area contributed by atoms with E-state index in [1.165, 1.54) is 7.11 Å². The normalized spacial score (nSPS) is 9.95. The van der Waals surface area contributed by atoms with Gasteiger partial charge in [-0.05, 0) is 24.3 Å². The minimum atomic E-state index is -5.17. The molecule has 102 valence electrons. The van der Waals surface area contributed by atoms with Crippen LogP contribution in [-0.4, -0.2) is 58.6 Å². The summed E-state index contributed by atoms with van der Waals surface area (Å²) in [6.45, 7) is 0. The van der Waals surface area contributed by atoms with E-state index in [0.29, 0.717) is 5.56 Å². The molecule has 7 nitrogen and oxygen atoms in total. The summed E-state index contributed by atoms with van der Waals surface area (Å²) in [6.07, 6.45) is 1.72. The van der Waals surface area contributed by atoms with Crippen molar-refractivity contribution in [1.82, 2.24) is 4.98 Å². The fourth-order valence-electron chi connectivity index (χ4n) is 1.32. The molecule has 0 aliphatic heterocycles. The van der Waals surface area contributed by atoms with Crippen LogP contribution in [0.15, 0.2) is 36.5 Å². The summed E-state index contributed by atoms with van der Waals surface area (Å²) in [6, 6.07) is 9.04. The van der Waals surface area contributed by atoms with Gasteiger partial charge in [0.1, 0.15) is 0 Å². The van der Waals surface area contributed by atoms with Crippen LogP contribution >= 0.6 is 0 Å². The average molecular weight is 308 g/mol. The van der Waals surface area contributed by atoms with Crippen LogP contribution in [0.4, 0.5) is 0 Å². The zero-order chi connectivity index (χ0) is 14.5. The van der Waals surface area contributed by atoms with Gasteiger partial charge < -0.3 is 13.8 Å². The first-order valence-corrected chi connectivity index (χ1v) is 6.24. The van der Waals surface area contributed by atoms with Crippen LogP contribution in [0.1, 0.15) is 10.4 Å². The van der Waals surface area contributed by atoms with Crippen LogP contribution in [0.25, 0.3) is 10.9 Å². The molecule has 0 spiro atoms. The van der Waals surface area contributed by atoms with E-state index in [1.807, 2.05) is 18.2 Å². The molecule has 0 fully saturated rings. The second kappa shape index (κ2) is 8.12. The molecule has 0 atom stereocenters. The van der Waals surface area contributed by atoms with Gasteiger partial charge in [-0.1, -0.05) is 6.07 Å². The van der Waals surface area contributed by atoms with Crippen molar-refractivity contribution >= 4 is 50.3 Å². The number of ether oxygens (including phenoxy) is 1. The fourth-order valence-corrected chi connectivity index (χ4v) is 1.32. The number of hydrogen-bond donors (Lipinski definition) is 0. The molecule has 9 heteroatoms. The number of aromatic nitrogens is 1. The summed E-state index contributed by atoms with van der Waals surface area (Å²) in [5.74, 6) is -0.323. The largest absolute Gasteiger partial charge is 2.00 e. The first-order chi connectivity index (χ1) is 8.81. The average Bonchev–Trinajstić information content (AvgIpc) is 2.35. The molecule has 0 radical (unpaired) electrons. The number of carbonyl (C=O) groups excluding carboxylic acids is 1. The van der Waals surface area contributed by atoms with Crippen molar-refractivity contribution in [2.45, 2.75) is 0 Å². The Hall–Kier alpha value is -1.26. The van der Waals surface area contributed by atoms with Crippen LogP contribution in [0.2, 0.25) is 0 Å². The van der Waals surface area contributed by atoms with Crippen molar-refractivity contribution in [1.29, 1.82) is 0 Å². The molecule has 0 aliphatic carbocycles. The molecule has 0 N–H and O–H groups in total. The maximum absolute atomic E-state index is 11.2. The van der Waals surface area contributed by atoms with Crippen LogP contribution in [0, 0.1) is 0 Å². The first-order valence-electron chi connectivity index (χ1n) is 4.91. The number of fused-ring (bicyclic) bond motifs is 1. The van der Waals surface area contributed by atoms with Gasteiger partial charge in [0, 0.05) is 22.0 Å². The third kappa shape index (κ3) is 6.77. The van der Waals surface area contributed by atoms with Crippen molar-refractivity contribution in [3.05, 3.63) is 42.1 Å². The minimum absolute atomic E-state index is 0. The quantitative estimate of drug-likeness (QED) is 0.321. The summed E-state index contributed by atoms with van der Waals surface area (Å²) in [4.78, 5) is 15.4. The predicted molar refractivity (Wildman–Crippen MR) is 69.3 cm³/mol. The van der Waals surface area contributed by atoms with E-state index >= 15 is 0 Å². The van der Waals surface area contributed by atoms with Gasteiger partial charge in [-0.25, -0.2) is 4.79 Å². The van der Waals surface area contributed by atoms with E-state index < -0.39 is 10.4 Å². The van der Waals surface area contributed by atoms with Crippen molar-refractivity contribution < 1.29 is 27.1 Å². The third-order valence-electron chi connectivity index (χ3n) is 2.02. The zero-order valence-corrected chi connectivity index (χ0v) is 12.7. The Labute approximate surface area is 131 Å². The molecule has 2 rings (SSSR count). The molecule has 20 heavy (non-hydrogen) atoms. The molecule has 0 saturated heterocycles. The molecular formula is C11H9MgNO6S. The van der Waals surface area contributed by atoms with Crippen LogP contribution < -0.4 is 0 Å². The number of hydrogen-bond acceptors (Lipinski definition) is 7. The Morgan fingerprint density at radius 1 is 1.25 bits per heavy atom. The number of nitrogens with zero attached hydrogens (tertiary/aromatic N) is 1. The molecular weight excluding hydrogens is 298 g/mol. The summed E-state index contributed by atoms with van der Waals surface area (Å²) < 4.78 is 38.7. The smallest absolute Gasteiger partial charge is 0.759 e. The van der Waals surface area contributed by atoms with E-state index in [2.05, 4.69) is 9.72 Å². The Morgan fingerprint density at radius 3 is 2.40 bits per heavy atom. The second-order valence-corrected chi connectivity index (χ2v) is 4.13. The standard InChI is InChI=1S/C11H9NO2.Mg.H2O4S/c1-14-11(13)9-4-5-10-8(7-9)3-2-6-12-10;;1-5(2,3)4/h2-7H,1H3;;(H2,1,2,3,4)/q;+2;/p-2. The number of benzene rings is 1. The third-order valence-corrected chi connectivity index (χ3v) is 2.02. The van der Waals surface area contributed by atoms with Gasteiger partial charge in [0.15, 0.2) is 0 Å². The van der Waals surface area contributed by atoms with E-state index in [9.17, 15) is 4.79 Å². The molecule has 0 aliphatic rings. The van der Waals surface area contributed by atoms with Crippen LogP contribution in [0.3, 0.4) is 0 Å². The van der Waals surface area contributed by atoms with Gasteiger partial charge in [-0.15, -0.1) is 0 Å². The number of carbonyl (C=O) groups is 1. The van der Waals surface area contributed by atoms with Crippen molar-refractivity contribution in [2.75, 3.05) is 7.11 Å². The Bertz CT molecular complexity index is 680. The summed E-state index contributed by atoms with van der Waals surface area (Å²) in [7, 11) is -3.80. The maximum Gasteiger partial charge on any atom is 2.00 e. The van der Waals surface area contributed by atoms with Gasteiger partial charge in [-0.3, -0.25) is 13.4 Å². The van der Waals surface area contributed by atoms with Crippen molar-refractivity contribution in [3.63, 3.8) is 0 Å². The summed E-state index contributed by atoms with van der Waals surface area (Å²) in [5.41, 5.74) is 1.42. The Balaban J connectivity index is 0.000000526. The number of methoxy groups -OCH3 is 1. The number of pyridine rings is 1. The maximum atomic E-state index is 11.2. The van der Waals surface area contributed by atoms with Crippen molar-refractivity contribution in [2.24, 2.45) is 0 Å². The van der Waals surface area contributed by atoms with E-state index in [-0.39, 0.29) is 29.0 Å². The monoisotopic (exact) mass is 307 g/mol. The van der Waals surface area contributed by atoms with Crippen LogP contribution in [0.5, 0.6) is 0 Å². The molecule has 1 heterocycles. The SMILES string of the molecule is COC(=O)c1ccc2ncccc2c1.O=S(=O)([O-])[O-].[Mg+2]. The first kappa shape index (κ1) is 18.7. The molecule has 0 amide bonds. The summed E-state index contributed by atoms with van der Waals surface area (Å²) in [5, 5.41) is 0.940. The van der Waals surface area contributed by atoms with Gasteiger partial charge in [-0.2, -0.15) is 0 Å². The van der Waals surface area contributed by atoms with Gasteiger partial charge in [0.25, 0.3) is 0 Å². The van der Waals surface area contributed by atoms with Gasteiger partial charge in [0.2, 0.25) is 0 Å². The molecule has 0 saturated carbocycles. The van der Waals surface area contributed by atoms with Gasteiger partial charge in [0.05, 0.1) is 18.2 Å². The van der Waals surface area contributed by atoms with E-state index in [0.717, 1.165) is 10.9 Å². The Kier molecular flexibility index (Phi) is 7.61. The van der Waals surface area contributed by atoms with Crippen LogP contribution in [-0.2, 0) is 15.1 Å². The number of esters is 1. The Morgan fingerprint density at radius 2 is 1.85 bits per heavy atom. The molecule has 1 aromatic carbocycles. The van der Waals surface area contributed by atoms with Gasteiger partial charge >= 0.3 is 29.0 Å². The molecule has 2 aromatic rings. The zero-order valence-electron chi connectivity index (χ0n) is 10.5. The van der Waals surface area contributed by atoms with E-state index in [1.54, 1.807) is 18.3 Å². The molecule has 1 aromatic heterocycles. The molecule has 0 unspecified atom stereocenters. The number of rotatable bonds is 1. The predicted octanol–water partition coefficient (Wildman–Crippen LogP) is 0.303. The van der Waals surface area contributed by atoms with Crippen molar-refractivity contribution in [3.8, 4) is 0 Å². The fraction of sp³-hybridized carbons (Fsp3) is 0.0909. The minimum Gasteiger partial charge on any atom is -0.759 e. The second-order valence-electron chi connectivity index (χ2n) is 3.31. The summed E-state index contributed by atoms with van der Waals surface area (Å²) >= 11 is 0. The van der Waals surface area contributed by atoms with E-state index in [4.69, 9.17) is 17.5 Å². The molecule has 0 bridgehead atoms.